The number of carbonyl (C=O) groups excluding carboxylic acids is 3. The number of nitrogens with one attached hydrogen (secondary N) is 5. The molecule has 4 unspecified atom stereocenters. The van der Waals surface area contributed by atoms with Gasteiger partial charge in [-0.1, -0.05) is 24.3 Å². The minimum absolute atomic E-state index is 0.109. The summed E-state index contributed by atoms with van der Waals surface area (Å²) in [6.07, 6.45) is -6.63. The summed E-state index contributed by atoms with van der Waals surface area (Å²) in [4.78, 5) is 38.6. The van der Waals surface area contributed by atoms with Crippen molar-refractivity contribution in [3.8, 4) is 11.5 Å². The number of anilines is 2. The summed E-state index contributed by atoms with van der Waals surface area (Å²) < 4.78 is 44.9. The number of benzene rings is 3. The Morgan fingerprint density at radius 3 is 2.31 bits per heavy atom. The molecule has 0 radical (unpaired) electrons. The van der Waals surface area contributed by atoms with Crippen molar-refractivity contribution in [3.63, 3.8) is 0 Å². The molecule has 3 aromatic rings. The third kappa shape index (κ3) is 6.12. The number of halogens is 3. The Kier molecular flexibility index (Phi) is 7.11. The topological polar surface area (TPSA) is 121 Å². The standard InChI is InChI=1S/C27H24F3N5O4/c28-27(29,30)15-5-4-6-17(13-15)32-26-34-23-22(25(38)35-26)20(14-21(36)33-23)24(37)31-16-9-11-19(12-10-16)39-18-7-2-1-3-8-18/h1-13,20,22-23,26,32,34H,14H2,(H,31,37)(H,33,36)(H,35,38). The summed E-state index contributed by atoms with van der Waals surface area (Å²) in [5, 5.41) is 13.7. The van der Waals surface area contributed by atoms with E-state index in [2.05, 4.69) is 26.6 Å². The third-order valence-electron chi connectivity index (χ3n) is 6.39. The highest BCUT2D eigenvalue weighted by atomic mass is 19.4. The van der Waals surface area contributed by atoms with E-state index in [1.807, 2.05) is 30.3 Å². The lowest BCUT2D eigenvalue weighted by Gasteiger charge is -2.43. The molecule has 9 nitrogen and oxygen atoms in total. The molecule has 3 amide bonds. The monoisotopic (exact) mass is 539 g/mol. The quantitative estimate of drug-likeness (QED) is 0.326. The van der Waals surface area contributed by atoms with E-state index in [4.69, 9.17) is 4.74 Å². The van der Waals surface area contributed by atoms with Gasteiger partial charge in [0.2, 0.25) is 17.7 Å². The van der Waals surface area contributed by atoms with Crippen LogP contribution in [0, 0.1) is 11.8 Å². The summed E-state index contributed by atoms with van der Waals surface area (Å²) in [7, 11) is 0. The molecule has 202 valence electrons. The van der Waals surface area contributed by atoms with Gasteiger partial charge in [-0.15, -0.1) is 0 Å². The van der Waals surface area contributed by atoms with Crippen molar-refractivity contribution in [2.75, 3.05) is 10.6 Å². The second-order valence-corrected chi connectivity index (χ2v) is 9.14. The number of hydrogen-bond acceptors (Lipinski definition) is 6. The lowest BCUT2D eigenvalue weighted by Crippen LogP contribution is -2.72. The first-order valence-corrected chi connectivity index (χ1v) is 12.1. The molecule has 5 rings (SSSR count). The zero-order valence-corrected chi connectivity index (χ0v) is 20.3. The molecule has 0 aromatic heterocycles. The van der Waals surface area contributed by atoms with Crippen molar-refractivity contribution in [3.05, 3.63) is 84.4 Å². The first-order valence-electron chi connectivity index (χ1n) is 12.1. The molecule has 0 saturated carbocycles. The Bertz CT molecular complexity index is 1370. The van der Waals surface area contributed by atoms with E-state index in [1.165, 1.54) is 12.1 Å². The molecule has 0 bridgehead atoms. The average Bonchev–Trinajstić information content (AvgIpc) is 2.89. The average molecular weight is 540 g/mol. The number of carbonyl (C=O) groups is 3. The van der Waals surface area contributed by atoms with Crippen LogP contribution < -0.4 is 31.3 Å². The van der Waals surface area contributed by atoms with Crippen molar-refractivity contribution in [2.24, 2.45) is 11.8 Å². The highest BCUT2D eigenvalue weighted by molar-refractivity contribution is 6.00. The van der Waals surface area contributed by atoms with E-state index in [1.54, 1.807) is 24.3 Å². The third-order valence-corrected chi connectivity index (χ3v) is 6.39. The van der Waals surface area contributed by atoms with Gasteiger partial charge in [-0.2, -0.15) is 13.2 Å². The largest absolute Gasteiger partial charge is 0.457 e. The summed E-state index contributed by atoms with van der Waals surface area (Å²) in [6, 6.07) is 20.3. The van der Waals surface area contributed by atoms with E-state index in [0.717, 1.165) is 12.1 Å². The maximum atomic E-state index is 13.1. The molecular formula is C27H24F3N5O4. The fourth-order valence-electron chi connectivity index (χ4n) is 4.57. The molecule has 0 aliphatic carbocycles. The maximum absolute atomic E-state index is 13.1. The Morgan fingerprint density at radius 2 is 1.59 bits per heavy atom. The van der Waals surface area contributed by atoms with Crippen molar-refractivity contribution in [1.82, 2.24) is 16.0 Å². The van der Waals surface area contributed by atoms with Gasteiger partial charge in [0, 0.05) is 17.8 Å². The van der Waals surface area contributed by atoms with Gasteiger partial charge in [0.15, 0.2) is 6.29 Å². The Balaban J connectivity index is 1.24. The molecular weight excluding hydrogens is 515 g/mol. The molecule has 4 atom stereocenters. The van der Waals surface area contributed by atoms with E-state index < -0.39 is 53.8 Å². The number of hydrogen-bond donors (Lipinski definition) is 5. The van der Waals surface area contributed by atoms with E-state index in [-0.39, 0.29) is 12.1 Å². The number of alkyl halides is 3. The summed E-state index contributed by atoms with van der Waals surface area (Å²) in [5.74, 6) is -2.19. The molecule has 2 saturated heterocycles. The number of amides is 3. The number of ether oxygens (including phenoxy) is 1. The zero-order chi connectivity index (χ0) is 27.6. The van der Waals surface area contributed by atoms with Gasteiger partial charge in [-0.05, 0) is 54.6 Å². The van der Waals surface area contributed by atoms with Crippen LogP contribution in [-0.4, -0.2) is 30.2 Å². The molecule has 3 aromatic carbocycles. The molecule has 0 spiro atoms. The van der Waals surface area contributed by atoms with Crippen LogP contribution in [0.4, 0.5) is 24.5 Å². The van der Waals surface area contributed by atoms with Crippen molar-refractivity contribution in [2.45, 2.75) is 25.1 Å². The van der Waals surface area contributed by atoms with Gasteiger partial charge < -0.3 is 26.0 Å². The van der Waals surface area contributed by atoms with E-state index in [9.17, 15) is 27.6 Å². The van der Waals surface area contributed by atoms with Gasteiger partial charge in [0.1, 0.15) is 11.5 Å². The van der Waals surface area contributed by atoms with Crippen LogP contribution in [0.15, 0.2) is 78.9 Å². The van der Waals surface area contributed by atoms with E-state index in [0.29, 0.717) is 17.2 Å². The molecule has 2 aliphatic rings. The highest BCUT2D eigenvalue weighted by Gasteiger charge is 2.48. The summed E-state index contributed by atoms with van der Waals surface area (Å²) in [5.41, 5.74) is -0.289. The van der Waals surface area contributed by atoms with Gasteiger partial charge in [0.05, 0.1) is 23.6 Å². The Hall–Kier alpha value is -4.58. The van der Waals surface area contributed by atoms with Gasteiger partial charge in [0.25, 0.3) is 0 Å². The van der Waals surface area contributed by atoms with Crippen molar-refractivity contribution in [1.29, 1.82) is 0 Å². The molecule has 2 heterocycles. The minimum atomic E-state index is -4.53. The molecule has 2 aliphatic heterocycles. The first kappa shape index (κ1) is 26.0. The second kappa shape index (κ2) is 10.7. The molecule has 5 N–H and O–H groups in total. The van der Waals surface area contributed by atoms with Crippen molar-refractivity contribution < 1.29 is 32.3 Å². The normalized spacial score (nSPS) is 22.6. The van der Waals surface area contributed by atoms with Crippen LogP contribution in [0.5, 0.6) is 11.5 Å². The van der Waals surface area contributed by atoms with Crippen LogP contribution in [0.2, 0.25) is 0 Å². The Labute approximate surface area is 221 Å². The number of rotatable bonds is 6. The van der Waals surface area contributed by atoms with Gasteiger partial charge >= 0.3 is 6.18 Å². The summed E-state index contributed by atoms with van der Waals surface area (Å²) in [6.45, 7) is 0. The van der Waals surface area contributed by atoms with Crippen LogP contribution in [0.25, 0.3) is 0 Å². The molecule has 39 heavy (non-hydrogen) atoms. The van der Waals surface area contributed by atoms with Crippen molar-refractivity contribution >= 4 is 29.1 Å². The smallest absolute Gasteiger partial charge is 0.416 e. The second-order valence-electron chi connectivity index (χ2n) is 9.14. The fraction of sp³-hybridized carbons (Fsp3) is 0.222. The minimum Gasteiger partial charge on any atom is -0.457 e. The number of para-hydroxylation sites is 1. The predicted molar refractivity (Wildman–Crippen MR) is 135 cm³/mol. The van der Waals surface area contributed by atoms with Gasteiger partial charge in [-0.3, -0.25) is 19.7 Å². The van der Waals surface area contributed by atoms with Gasteiger partial charge in [-0.25, -0.2) is 0 Å². The Morgan fingerprint density at radius 1 is 0.872 bits per heavy atom. The lowest BCUT2D eigenvalue weighted by molar-refractivity contribution is -0.144. The lowest BCUT2D eigenvalue weighted by atomic mass is 9.81. The maximum Gasteiger partial charge on any atom is 0.416 e. The highest BCUT2D eigenvalue weighted by Crippen LogP contribution is 2.32. The van der Waals surface area contributed by atoms with Crippen LogP contribution >= 0.6 is 0 Å². The first-order chi connectivity index (χ1) is 18.7. The number of fused-ring (bicyclic) bond motifs is 1. The van der Waals surface area contributed by atoms with Crippen LogP contribution in [-0.2, 0) is 20.6 Å². The summed E-state index contributed by atoms with van der Waals surface area (Å²) >= 11 is 0. The molecule has 12 heteroatoms. The van der Waals surface area contributed by atoms with Crippen LogP contribution in [0.1, 0.15) is 12.0 Å². The SMILES string of the molecule is O=C1CC(C(=O)Nc2ccc(Oc3ccccc3)cc2)C2C(=O)NC(Nc3cccc(C(F)(F)F)c3)NC2N1. The zero-order valence-electron chi connectivity index (χ0n) is 20.3. The molecule has 2 fully saturated rings. The fourth-order valence-corrected chi connectivity index (χ4v) is 4.57. The van der Waals surface area contributed by atoms with Crippen LogP contribution in [0.3, 0.4) is 0 Å². The number of piperidine rings is 1. The van der Waals surface area contributed by atoms with E-state index >= 15 is 0 Å². The predicted octanol–water partition coefficient (Wildman–Crippen LogP) is 3.63.